The van der Waals surface area contributed by atoms with Gasteiger partial charge in [0, 0.05) is 7.05 Å². The van der Waals surface area contributed by atoms with E-state index in [1.54, 1.807) is 0 Å². The van der Waals surface area contributed by atoms with Gasteiger partial charge in [0.25, 0.3) is 0 Å². The standard InChI is InChI=1S/C15H21N3/c1-11(12-7-8-12)9-16-10-15-17-13-5-3-4-6-14(13)18(15)2/h3-6,11-12,16H,7-10H2,1-2H3. The lowest BCUT2D eigenvalue weighted by molar-refractivity contribution is 0.456. The fourth-order valence-corrected chi connectivity index (χ4v) is 2.60. The van der Waals surface area contributed by atoms with Crippen molar-refractivity contribution in [3.63, 3.8) is 0 Å². The Bertz CT molecular complexity index is 540. The van der Waals surface area contributed by atoms with Gasteiger partial charge in [0.05, 0.1) is 17.6 Å². The lowest BCUT2D eigenvalue weighted by atomic mass is 10.1. The molecule has 3 heteroatoms. The van der Waals surface area contributed by atoms with Crippen LogP contribution in [0.1, 0.15) is 25.6 Å². The van der Waals surface area contributed by atoms with Crippen molar-refractivity contribution in [2.45, 2.75) is 26.3 Å². The van der Waals surface area contributed by atoms with Gasteiger partial charge in [-0.2, -0.15) is 0 Å². The zero-order chi connectivity index (χ0) is 12.5. The van der Waals surface area contributed by atoms with Gasteiger partial charge in [0.15, 0.2) is 0 Å². The number of imidazole rings is 1. The second kappa shape index (κ2) is 4.73. The molecule has 1 unspecified atom stereocenters. The first-order valence-electron chi connectivity index (χ1n) is 6.87. The molecule has 1 fully saturated rings. The van der Waals surface area contributed by atoms with Gasteiger partial charge in [-0.25, -0.2) is 4.98 Å². The van der Waals surface area contributed by atoms with Crippen molar-refractivity contribution in [1.82, 2.24) is 14.9 Å². The van der Waals surface area contributed by atoms with Crippen LogP contribution in [0, 0.1) is 11.8 Å². The van der Waals surface area contributed by atoms with Crippen LogP contribution >= 0.6 is 0 Å². The average Bonchev–Trinajstić information content (AvgIpc) is 3.17. The highest BCUT2D eigenvalue weighted by Gasteiger charge is 2.27. The van der Waals surface area contributed by atoms with Gasteiger partial charge in [-0.05, 0) is 43.4 Å². The zero-order valence-corrected chi connectivity index (χ0v) is 11.2. The van der Waals surface area contributed by atoms with Crippen molar-refractivity contribution in [2.75, 3.05) is 6.54 Å². The largest absolute Gasteiger partial charge is 0.330 e. The topological polar surface area (TPSA) is 29.9 Å². The molecule has 1 aromatic heterocycles. The summed E-state index contributed by atoms with van der Waals surface area (Å²) in [6.45, 7) is 4.32. The van der Waals surface area contributed by atoms with Crippen molar-refractivity contribution in [2.24, 2.45) is 18.9 Å². The third-order valence-corrected chi connectivity index (χ3v) is 4.06. The van der Waals surface area contributed by atoms with Crippen LogP contribution in [0.25, 0.3) is 11.0 Å². The average molecular weight is 243 g/mol. The number of benzene rings is 1. The highest BCUT2D eigenvalue weighted by Crippen LogP contribution is 2.36. The van der Waals surface area contributed by atoms with E-state index in [1.807, 2.05) is 6.07 Å². The Morgan fingerprint density at radius 1 is 1.39 bits per heavy atom. The molecule has 1 aliphatic rings. The van der Waals surface area contributed by atoms with Gasteiger partial charge in [0.1, 0.15) is 5.82 Å². The van der Waals surface area contributed by atoms with Crippen molar-refractivity contribution in [1.29, 1.82) is 0 Å². The Balaban J connectivity index is 1.65. The van der Waals surface area contributed by atoms with Gasteiger partial charge in [-0.15, -0.1) is 0 Å². The minimum atomic E-state index is 0.805. The molecule has 1 heterocycles. The van der Waals surface area contributed by atoms with E-state index in [0.29, 0.717) is 0 Å². The molecule has 0 saturated heterocycles. The molecule has 1 aliphatic carbocycles. The van der Waals surface area contributed by atoms with Crippen molar-refractivity contribution in [3.8, 4) is 0 Å². The summed E-state index contributed by atoms with van der Waals surface area (Å²) >= 11 is 0. The molecule has 96 valence electrons. The Morgan fingerprint density at radius 2 is 2.17 bits per heavy atom. The number of aryl methyl sites for hydroxylation is 1. The molecule has 0 amide bonds. The van der Waals surface area contributed by atoms with Gasteiger partial charge < -0.3 is 9.88 Å². The van der Waals surface area contributed by atoms with Crippen LogP contribution in [0.2, 0.25) is 0 Å². The Kier molecular flexibility index (Phi) is 3.08. The fourth-order valence-electron chi connectivity index (χ4n) is 2.60. The normalized spacial score (nSPS) is 17.2. The summed E-state index contributed by atoms with van der Waals surface area (Å²) in [5.41, 5.74) is 2.30. The molecular formula is C15H21N3. The molecule has 1 N–H and O–H groups in total. The Morgan fingerprint density at radius 3 is 2.89 bits per heavy atom. The van der Waals surface area contributed by atoms with Gasteiger partial charge in [-0.1, -0.05) is 19.1 Å². The lowest BCUT2D eigenvalue weighted by Crippen LogP contribution is -2.23. The summed E-state index contributed by atoms with van der Waals surface area (Å²) in [6, 6.07) is 8.31. The van der Waals surface area contributed by atoms with E-state index in [4.69, 9.17) is 0 Å². The van der Waals surface area contributed by atoms with Crippen molar-refractivity contribution < 1.29 is 0 Å². The molecule has 0 aliphatic heterocycles. The van der Waals surface area contributed by atoms with Crippen LogP contribution in [0.5, 0.6) is 0 Å². The first kappa shape index (κ1) is 11.7. The van der Waals surface area contributed by atoms with E-state index in [9.17, 15) is 0 Å². The fraction of sp³-hybridized carbons (Fsp3) is 0.533. The maximum atomic E-state index is 4.67. The maximum Gasteiger partial charge on any atom is 0.123 e. The minimum absolute atomic E-state index is 0.805. The second-order valence-corrected chi connectivity index (χ2v) is 5.52. The van der Waals surface area contributed by atoms with Crippen LogP contribution in [-0.4, -0.2) is 16.1 Å². The van der Waals surface area contributed by atoms with Gasteiger partial charge in [0.2, 0.25) is 0 Å². The summed E-state index contributed by atoms with van der Waals surface area (Å²) in [7, 11) is 2.09. The number of fused-ring (bicyclic) bond motifs is 1. The minimum Gasteiger partial charge on any atom is -0.330 e. The van der Waals surface area contributed by atoms with Crippen molar-refractivity contribution >= 4 is 11.0 Å². The number of hydrogen-bond acceptors (Lipinski definition) is 2. The van der Waals surface area contributed by atoms with E-state index >= 15 is 0 Å². The number of nitrogens with zero attached hydrogens (tertiary/aromatic N) is 2. The molecule has 3 rings (SSSR count). The molecule has 0 radical (unpaired) electrons. The predicted molar refractivity (Wildman–Crippen MR) is 74.3 cm³/mol. The summed E-state index contributed by atoms with van der Waals surface area (Å²) in [5, 5.41) is 3.54. The van der Waals surface area contributed by atoms with Crippen LogP contribution in [0.15, 0.2) is 24.3 Å². The first-order valence-corrected chi connectivity index (χ1v) is 6.87. The molecular weight excluding hydrogens is 222 g/mol. The van der Waals surface area contributed by atoms with E-state index in [-0.39, 0.29) is 0 Å². The van der Waals surface area contributed by atoms with Crippen LogP contribution in [0.3, 0.4) is 0 Å². The number of hydrogen-bond donors (Lipinski definition) is 1. The predicted octanol–water partition coefficient (Wildman–Crippen LogP) is 2.71. The molecule has 0 bridgehead atoms. The highest BCUT2D eigenvalue weighted by molar-refractivity contribution is 5.75. The molecule has 2 aromatic rings. The number of aromatic nitrogens is 2. The molecule has 18 heavy (non-hydrogen) atoms. The molecule has 0 spiro atoms. The summed E-state index contributed by atoms with van der Waals surface area (Å²) < 4.78 is 2.18. The summed E-state index contributed by atoms with van der Waals surface area (Å²) in [5.74, 6) is 2.90. The second-order valence-electron chi connectivity index (χ2n) is 5.52. The van der Waals surface area contributed by atoms with Crippen LogP contribution < -0.4 is 5.32 Å². The molecule has 1 saturated carbocycles. The third kappa shape index (κ3) is 2.27. The van der Waals surface area contributed by atoms with Gasteiger partial charge >= 0.3 is 0 Å². The lowest BCUT2D eigenvalue weighted by Gasteiger charge is -2.11. The molecule has 1 atom stereocenters. The SMILES string of the molecule is CC(CNCc1nc2ccccc2n1C)C1CC1. The quantitative estimate of drug-likeness (QED) is 0.875. The van der Waals surface area contributed by atoms with E-state index in [2.05, 4.69) is 47.0 Å². The van der Waals surface area contributed by atoms with E-state index < -0.39 is 0 Å². The Labute approximate surface area is 108 Å². The zero-order valence-electron chi connectivity index (χ0n) is 11.2. The van der Waals surface area contributed by atoms with E-state index in [1.165, 1.54) is 18.4 Å². The monoisotopic (exact) mass is 243 g/mol. The molecule has 1 aromatic carbocycles. The summed E-state index contributed by atoms with van der Waals surface area (Å²) in [4.78, 5) is 4.67. The first-order chi connectivity index (χ1) is 8.75. The Hall–Kier alpha value is -1.35. The van der Waals surface area contributed by atoms with Crippen LogP contribution in [-0.2, 0) is 13.6 Å². The summed E-state index contributed by atoms with van der Waals surface area (Å²) in [6.07, 6.45) is 2.85. The third-order valence-electron chi connectivity index (χ3n) is 4.06. The number of nitrogens with one attached hydrogen (secondary N) is 1. The van der Waals surface area contributed by atoms with E-state index in [0.717, 1.165) is 36.3 Å². The maximum absolute atomic E-state index is 4.67. The van der Waals surface area contributed by atoms with Crippen molar-refractivity contribution in [3.05, 3.63) is 30.1 Å². The van der Waals surface area contributed by atoms with Gasteiger partial charge in [-0.3, -0.25) is 0 Å². The number of para-hydroxylation sites is 2. The van der Waals surface area contributed by atoms with Crippen LogP contribution in [0.4, 0.5) is 0 Å². The smallest absolute Gasteiger partial charge is 0.123 e. The highest BCUT2D eigenvalue weighted by atomic mass is 15.1. The number of rotatable bonds is 5. The molecule has 3 nitrogen and oxygen atoms in total.